The highest BCUT2D eigenvalue weighted by atomic mass is 35.5. The molecule has 0 aliphatic rings. The van der Waals surface area contributed by atoms with Crippen LogP contribution in [0.4, 0.5) is 0 Å². The monoisotopic (exact) mass is 271 g/mol. The minimum absolute atomic E-state index is 0.649. The van der Waals surface area contributed by atoms with Gasteiger partial charge in [0.2, 0.25) is 0 Å². The Morgan fingerprint density at radius 2 is 1.89 bits per heavy atom. The number of halogens is 1. The Hall–Kier alpha value is -1.77. The van der Waals surface area contributed by atoms with Crippen molar-refractivity contribution in [2.75, 3.05) is 7.05 Å². The predicted octanol–water partition coefficient (Wildman–Crippen LogP) is 4.47. The lowest BCUT2D eigenvalue weighted by Crippen LogP contribution is -2.04. The maximum absolute atomic E-state index is 6.12. The van der Waals surface area contributed by atoms with Crippen molar-refractivity contribution in [1.29, 1.82) is 0 Å². The summed E-state index contributed by atoms with van der Waals surface area (Å²) in [7, 11) is 1.94. The van der Waals surface area contributed by atoms with Gasteiger partial charge in [-0.3, -0.25) is 0 Å². The highest BCUT2D eigenvalue weighted by Crippen LogP contribution is 2.31. The minimum Gasteiger partial charge on any atom is -0.455 e. The quantitative estimate of drug-likeness (QED) is 0.760. The zero-order chi connectivity index (χ0) is 13.2. The van der Waals surface area contributed by atoms with Crippen molar-refractivity contribution in [3.63, 3.8) is 0 Å². The van der Waals surface area contributed by atoms with E-state index in [1.165, 1.54) is 5.56 Å². The number of hydrogen-bond acceptors (Lipinski definition) is 2. The molecule has 3 aromatic rings. The summed E-state index contributed by atoms with van der Waals surface area (Å²) in [5, 5.41) is 4.81. The Morgan fingerprint density at radius 3 is 2.58 bits per heavy atom. The maximum atomic E-state index is 6.12. The van der Waals surface area contributed by atoms with Gasteiger partial charge in [0.1, 0.15) is 5.76 Å². The second-order valence-electron chi connectivity index (χ2n) is 4.50. The van der Waals surface area contributed by atoms with Crippen molar-refractivity contribution in [2.24, 2.45) is 0 Å². The van der Waals surface area contributed by atoms with Gasteiger partial charge in [0, 0.05) is 17.5 Å². The predicted molar refractivity (Wildman–Crippen MR) is 79.4 cm³/mol. The average Bonchev–Trinajstić information content (AvgIpc) is 2.85. The van der Waals surface area contributed by atoms with Gasteiger partial charge >= 0.3 is 0 Å². The molecule has 0 bridgehead atoms. The van der Waals surface area contributed by atoms with Gasteiger partial charge in [-0.2, -0.15) is 0 Å². The van der Waals surface area contributed by atoms with Gasteiger partial charge in [-0.1, -0.05) is 48.0 Å². The topological polar surface area (TPSA) is 25.2 Å². The molecule has 96 valence electrons. The lowest BCUT2D eigenvalue weighted by Gasteiger charge is -2.01. The Labute approximate surface area is 117 Å². The van der Waals surface area contributed by atoms with Crippen molar-refractivity contribution < 1.29 is 4.42 Å². The molecule has 0 atom stereocenters. The second kappa shape index (κ2) is 5.08. The van der Waals surface area contributed by atoms with Gasteiger partial charge in [-0.05, 0) is 24.7 Å². The fourth-order valence-corrected chi connectivity index (χ4v) is 2.38. The summed E-state index contributed by atoms with van der Waals surface area (Å²) < 4.78 is 5.84. The van der Waals surface area contributed by atoms with Crippen molar-refractivity contribution in [3.05, 3.63) is 59.1 Å². The standard InChI is InChI=1S/C16H14ClNO/c1-18-10-11-5-7-12(8-6-11)15-9-13-3-2-4-14(17)16(13)19-15/h2-9,18H,10H2,1H3. The lowest BCUT2D eigenvalue weighted by atomic mass is 10.1. The molecule has 19 heavy (non-hydrogen) atoms. The zero-order valence-corrected chi connectivity index (χ0v) is 11.4. The number of rotatable bonds is 3. The SMILES string of the molecule is CNCc1ccc(-c2cc3cccc(Cl)c3o2)cc1. The molecule has 0 saturated carbocycles. The molecule has 0 spiro atoms. The zero-order valence-electron chi connectivity index (χ0n) is 10.6. The number of furan rings is 1. The number of fused-ring (bicyclic) bond motifs is 1. The van der Waals surface area contributed by atoms with E-state index in [2.05, 4.69) is 29.6 Å². The molecule has 1 heterocycles. The molecule has 0 amide bonds. The van der Waals surface area contributed by atoms with Crippen LogP contribution in [0.2, 0.25) is 5.02 Å². The van der Waals surface area contributed by atoms with Gasteiger partial charge in [0.05, 0.1) is 5.02 Å². The summed E-state index contributed by atoms with van der Waals surface area (Å²) in [5.41, 5.74) is 3.06. The normalized spacial score (nSPS) is 11.1. The number of hydrogen-bond donors (Lipinski definition) is 1. The fourth-order valence-electron chi connectivity index (χ4n) is 2.16. The van der Waals surface area contributed by atoms with Gasteiger partial charge < -0.3 is 9.73 Å². The third kappa shape index (κ3) is 2.37. The first kappa shape index (κ1) is 12.3. The number of benzene rings is 2. The van der Waals surface area contributed by atoms with Crippen LogP contribution in [0.25, 0.3) is 22.3 Å². The smallest absolute Gasteiger partial charge is 0.153 e. The Bertz CT molecular complexity index is 700. The largest absolute Gasteiger partial charge is 0.455 e. The molecule has 2 nitrogen and oxygen atoms in total. The molecule has 3 heteroatoms. The van der Waals surface area contributed by atoms with Gasteiger partial charge in [-0.15, -0.1) is 0 Å². The third-order valence-corrected chi connectivity index (χ3v) is 3.41. The van der Waals surface area contributed by atoms with Crippen molar-refractivity contribution in [1.82, 2.24) is 5.32 Å². The Balaban J connectivity index is 2.01. The van der Waals surface area contributed by atoms with Crippen LogP contribution in [-0.2, 0) is 6.54 Å². The molecule has 2 aromatic carbocycles. The highest BCUT2D eigenvalue weighted by molar-refractivity contribution is 6.34. The third-order valence-electron chi connectivity index (χ3n) is 3.12. The summed E-state index contributed by atoms with van der Waals surface area (Å²) in [5.74, 6) is 0.846. The molecule has 0 fully saturated rings. The van der Waals surface area contributed by atoms with Crippen LogP contribution in [0.5, 0.6) is 0 Å². The van der Waals surface area contributed by atoms with Crippen LogP contribution in [0.15, 0.2) is 52.9 Å². The van der Waals surface area contributed by atoms with Crippen LogP contribution >= 0.6 is 11.6 Å². The van der Waals surface area contributed by atoms with Crippen LogP contribution in [-0.4, -0.2) is 7.05 Å². The van der Waals surface area contributed by atoms with Crippen molar-refractivity contribution in [3.8, 4) is 11.3 Å². The second-order valence-corrected chi connectivity index (χ2v) is 4.90. The van der Waals surface area contributed by atoms with E-state index in [9.17, 15) is 0 Å². The summed E-state index contributed by atoms with van der Waals surface area (Å²) in [6.07, 6.45) is 0. The van der Waals surface area contributed by atoms with Crippen LogP contribution in [0.3, 0.4) is 0 Å². The fraction of sp³-hybridized carbons (Fsp3) is 0.125. The molecule has 0 saturated heterocycles. The summed E-state index contributed by atoms with van der Waals surface area (Å²) in [6.45, 7) is 0.867. The first-order valence-corrected chi connectivity index (χ1v) is 6.58. The van der Waals surface area contributed by atoms with Gasteiger partial charge in [-0.25, -0.2) is 0 Å². The molecule has 1 N–H and O–H groups in total. The number of para-hydroxylation sites is 1. The summed E-state index contributed by atoms with van der Waals surface area (Å²) in [4.78, 5) is 0. The lowest BCUT2D eigenvalue weighted by molar-refractivity contribution is 0.631. The molecule has 0 radical (unpaired) electrons. The van der Waals surface area contributed by atoms with E-state index in [1.807, 2.05) is 31.3 Å². The van der Waals surface area contributed by atoms with Gasteiger partial charge in [0.25, 0.3) is 0 Å². The molecule has 0 aliphatic carbocycles. The van der Waals surface area contributed by atoms with E-state index in [0.717, 1.165) is 28.8 Å². The highest BCUT2D eigenvalue weighted by Gasteiger charge is 2.08. The summed E-state index contributed by atoms with van der Waals surface area (Å²) in [6, 6.07) is 16.1. The Morgan fingerprint density at radius 1 is 1.11 bits per heavy atom. The van der Waals surface area contributed by atoms with E-state index in [0.29, 0.717) is 5.02 Å². The Kier molecular flexibility index (Phi) is 3.28. The molecular formula is C16H14ClNO. The molecule has 0 aliphatic heterocycles. The van der Waals surface area contributed by atoms with E-state index < -0.39 is 0 Å². The minimum atomic E-state index is 0.649. The molecular weight excluding hydrogens is 258 g/mol. The maximum Gasteiger partial charge on any atom is 0.153 e. The average molecular weight is 272 g/mol. The molecule has 1 aromatic heterocycles. The van der Waals surface area contributed by atoms with Crippen LogP contribution in [0.1, 0.15) is 5.56 Å². The molecule has 0 unspecified atom stereocenters. The van der Waals surface area contributed by atoms with Crippen LogP contribution < -0.4 is 5.32 Å². The van der Waals surface area contributed by atoms with Crippen molar-refractivity contribution in [2.45, 2.75) is 6.54 Å². The van der Waals surface area contributed by atoms with E-state index >= 15 is 0 Å². The van der Waals surface area contributed by atoms with Crippen molar-refractivity contribution >= 4 is 22.6 Å². The number of nitrogens with one attached hydrogen (secondary N) is 1. The van der Waals surface area contributed by atoms with E-state index in [1.54, 1.807) is 0 Å². The van der Waals surface area contributed by atoms with E-state index in [-0.39, 0.29) is 0 Å². The molecule has 3 rings (SSSR count). The summed E-state index contributed by atoms with van der Waals surface area (Å²) >= 11 is 6.12. The van der Waals surface area contributed by atoms with Crippen LogP contribution in [0, 0.1) is 0 Å². The van der Waals surface area contributed by atoms with E-state index in [4.69, 9.17) is 16.0 Å². The first-order chi connectivity index (χ1) is 9.28. The van der Waals surface area contributed by atoms with Gasteiger partial charge in [0.15, 0.2) is 5.58 Å². The first-order valence-electron chi connectivity index (χ1n) is 6.20.